The minimum atomic E-state index is -0.428. The van der Waals surface area contributed by atoms with Crippen molar-refractivity contribution in [2.24, 2.45) is 0 Å². The number of piperidine rings is 1. The van der Waals surface area contributed by atoms with Crippen LogP contribution >= 0.6 is 11.6 Å². The van der Waals surface area contributed by atoms with Crippen LogP contribution in [0.1, 0.15) is 40.7 Å². The lowest BCUT2D eigenvalue weighted by Crippen LogP contribution is -2.51. The molecule has 0 saturated carbocycles. The predicted octanol–water partition coefficient (Wildman–Crippen LogP) is 3.75. The van der Waals surface area contributed by atoms with Crippen LogP contribution in [0.5, 0.6) is 5.75 Å². The van der Waals surface area contributed by atoms with Crippen LogP contribution in [0.15, 0.2) is 24.5 Å². The van der Waals surface area contributed by atoms with Gasteiger partial charge in [-0.2, -0.15) is 0 Å². The number of aryl methyl sites for hydroxylation is 1. The number of anilines is 1. The Balaban J connectivity index is 1.59. The maximum Gasteiger partial charge on any atom is 0.225 e. The van der Waals surface area contributed by atoms with Gasteiger partial charge in [-0.15, -0.1) is 0 Å². The lowest BCUT2D eigenvalue weighted by Gasteiger charge is -2.44. The summed E-state index contributed by atoms with van der Waals surface area (Å²) < 4.78 is 6.38. The van der Waals surface area contributed by atoms with Gasteiger partial charge >= 0.3 is 0 Å². The number of ether oxygens (including phenoxy) is 1. The highest BCUT2D eigenvalue weighted by atomic mass is 35.5. The molecule has 0 unspecified atom stereocenters. The van der Waals surface area contributed by atoms with Gasteiger partial charge in [0.1, 0.15) is 11.4 Å². The minimum absolute atomic E-state index is 0.130. The number of Topliss-reactive ketones (excluding diaryl/α,β-unsaturated/α-hetero) is 1. The van der Waals surface area contributed by atoms with Crippen LogP contribution in [0.3, 0.4) is 0 Å². The first-order chi connectivity index (χ1) is 12.0. The average Bonchev–Trinajstić information content (AvgIpc) is 2.60. The fourth-order valence-corrected chi connectivity index (χ4v) is 4.00. The molecule has 6 heteroatoms. The number of hydrogen-bond acceptors (Lipinski definition) is 5. The lowest BCUT2D eigenvalue weighted by atomic mass is 9.81. The van der Waals surface area contributed by atoms with E-state index in [1.54, 1.807) is 12.4 Å². The van der Waals surface area contributed by atoms with Crippen molar-refractivity contribution in [3.05, 3.63) is 46.2 Å². The second-order valence-corrected chi connectivity index (χ2v) is 7.30. The van der Waals surface area contributed by atoms with Crippen LogP contribution in [0.4, 0.5) is 5.95 Å². The molecule has 1 spiro atoms. The number of halogens is 1. The standard InChI is InChI=1S/C19H20ClN3O2/c1-12-10-15-16(13(2)17(12)20)14(24)11-19(25-15)4-8-23(9-5-19)18-21-6-3-7-22-18/h3,6-7,10H,4-5,8-9,11H2,1-2H3. The lowest BCUT2D eigenvalue weighted by molar-refractivity contribution is 0.0228. The topological polar surface area (TPSA) is 55.3 Å². The highest BCUT2D eigenvalue weighted by molar-refractivity contribution is 6.32. The first-order valence-electron chi connectivity index (χ1n) is 8.53. The quantitative estimate of drug-likeness (QED) is 0.778. The first kappa shape index (κ1) is 16.3. The van der Waals surface area contributed by atoms with Crippen LogP contribution in [0, 0.1) is 13.8 Å². The van der Waals surface area contributed by atoms with Crippen LogP contribution < -0.4 is 9.64 Å². The Hall–Kier alpha value is -2.14. The van der Waals surface area contributed by atoms with Gasteiger partial charge < -0.3 is 9.64 Å². The number of fused-ring (bicyclic) bond motifs is 1. The largest absolute Gasteiger partial charge is 0.486 e. The van der Waals surface area contributed by atoms with Crippen molar-refractivity contribution in [2.45, 2.75) is 38.7 Å². The number of aromatic nitrogens is 2. The molecule has 0 aliphatic carbocycles. The third-order valence-electron chi connectivity index (χ3n) is 5.24. The zero-order chi connectivity index (χ0) is 17.6. The van der Waals surface area contributed by atoms with Crippen LogP contribution in [0.2, 0.25) is 5.02 Å². The summed E-state index contributed by atoms with van der Waals surface area (Å²) in [7, 11) is 0. The summed E-state index contributed by atoms with van der Waals surface area (Å²) >= 11 is 6.32. The minimum Gasteiger partial charge on any atom is -0.486 e. The van der Waals surface area contributed by atoms with E-state index in [1.165, 1.54) is 0 Å². The molecular formula is C19H20ClN3O2. The monoisotopic (exact) mass is 357 g/mol. The van der Waals surface area contributed by atoms with Gasteiger partial charge in [-0.1, -0.05) is 11.6 Å². The number of carbonyl (C=O) groups is 1. The fourth-order valence-electron chi connectivity index (χ4n) is 3.85. The molecule has 0 atom stereocenters. The summed E-state index contributed by atoms with van der Waals surface area (Å²) in [5.41, 5.74) is 1.99. The van der Waals surface area contributed by atoms with Gasteiger partial charge in [0.05, 0.1) is 12.0 Å². The number of nitrogens with zero attached hydrogens (tertiary/aromatic N) is 3. The van der Waals surface area contributed by atoms with Crippen LogP contribution in [-0.4, -0.2) is 34.4 Å². The molecule has 2 aliphatic rings. The van der Waals surface area contributed by atoms with E-state index in [4.69, 9.17) is 16.3 Å². The smallest absolute Gasteiger partial charge is 0.225 e. The Labute approximate surface area is 152 Å². The predicted molar refractivity (Wildman–Crippen MR) is 96.7 cm³/mol. The van der Waals surface area contributed by atoms with Gasteiger partial charge in [0.2, 0.25) is 5.95 Å². The number of hydrogen-bond donors (Lipinski definition) is 0. The fraction of sp³-hybridized carbons (Fsp3) is 0.421. The van der Waals surface area contributed by atoms with E-state index in [2.05, 4.69) is 14.9 Å². The van der Waals surface area contributed by atoms with Crippen molar-refractivity contribution >= 4 is 23.3 Å². The number of carbonyl (C=O) groups excluding carboxylic acids is 1. The molecule has 0 N–H and O–H groups in total. The maximum absolute atomic E-state index is 12.8. The van der Waals surface area contributed by atoms with E-state index >= 15 is 0 Å². The molecule has 4 rings (SSSR count). The molecule has 3 heterocycles. The van der Waals surface area contributed by atoms with Crippen LogP contribution in [0.25, 0.3) is 0 Å². The summed E-state index contributed by atoms with van der Waals surface area (Å²) in [6.07, 6.45) is 5.45. The molecule has 0 bridgehead atoms. The maximum atomic E-state index is 12.8. The van der Waals surface area contributed by atoms with Crippen LogP contribution in [-0.2, 0) is 0 Å². The Morgan fingerprint density at radius 3 is 2.56 bits per heavy atom. The molecule has 5 nitrogen and oxygen atoms in total. The number of benzene rings is 1. The number of ketones is 1. The summed E-state index contributed by atoms with van der Waals surface area (Å²) in [6, 6.07) is 3.71. The van der Waals surface area contributed by atoms with Gasteiger partial charge in [-0.3, -0.25) is 4.79 Å². The molecular weight excluding hydrogens is 338 g/mol. The van der Waals surface area contributed by atoms with E-state index in [1.807, 2.05) is 26.0 Å². The molecule has 2 aromatic rings. The van der Waals surface area contributed by atoms with E-state index in [-0.39, 0.29) is 5.78 Å². The summed E-state index contributed by atoms with van der Waals surface area (Å²) in [4.78, 5) is 23.6. The molecule has 2 aliphatic heterocycles. The van der Waals surface area contributed by atoms with Crippen molar-refractivity contribution in [3.8, 4) is 5.75 Å². The molecule has 1 aromatic heterocycles. The third-order valence-corrected chi connectivity index (χ3v) is 5.82. The highest BCUT2D eigenvalue weighted by Gasteiger charge is 2.44. The Morgan fingerprint density at radius 1 is 1.20 bits per heavy atom. The third kappa shape index (κ3) is 2.76. The SMILES string of the molecule is Cc1cc2c(c(C)c1Cl)C(=O)CC1(CCN(c3ncccn3)CC1)O2. The molecule has 0 radical (unpaired) electrons. The Kier molecular flexibility index (Phi) is 3.91. The second kappa shape index (κ2) is 5.99. The van der Waals surface area contributed by atoms with Crippen molar-refractivity contribution in [2.75, 3.05) is 18.0 Å². The van der Waals surface area contributed by atoms with Gasteiger partial charge in [-0.05, 0) is 37.1 Å². The second-order valence-electron chi connectivity index (χ2n) is 6.93. The van der Waals surface area contributed by atoms with E-state index in [9.17, 15) is 4.79 Å². The van der Waals surface area contributed by atoms with E-state index in [0.717, 1.165) is 43.0 Å². The van der Waals surface area contributed by atoms with E-state index in [0.29, 0.717) is 22.8 Å². The van der Waals surface area contributed by atoms with E-state index < -0.39 is 5.60 Å². The Bertz CT molecular complexity index is 830. The molecule has 1 fully saturated rings. The van der Waals surface area contributed by atoms with Crippen molar-refractivity contribution < 1.29 is 9.53 Å². The molecule has 1 saturated heterocycles. The zero-order valence-corrected chi connectivity index (χ0v) is 15.1. The molecule has 0 amide bonds. The van der Waals surface area contributed by atoms with Gasteiger partial charge in [0.25, 0.3) is 0 Å². The normalized spacial score (nSPS) is 18.8. The number of rotatable bonds is 1. The van der Waals surface area contributed by atoms with Crippen molar-refractivity contribution in [1.82, 2.24) is 9.97 Å². The average molecular weight is 358 g/mol. The first-order valence-corrected chi connectivity index (χ1v) is 8.91. The summed E-state index contributed by atoms with van der Waals surface area (Å²) in [5.74, 6) is 1.54. The van der Waals surface area contributed by atoms with Gasteiger partial charge in [-0.25, -0.2) is 9.97 Å². The molecule has 25 heavy (non-hydrogen) atoms. The Morgan fingerprint density at radius 2 is 1.88 bits per heavy atom. The summed E-state index contributed by atoms with van der Waals surface area (Å²) in [6.45, 7) is 5.39. The zero-order valence-electron chi connectivity index (χ0n) is 14.4. The summed E-state index contributed by atoms with van der Waals surface area (Å²) in [5, 5.41) is 0.655. The van der Waals surface area contributed by atoms with Gasteiger partial charge in [0, 0.05) is 43.3 Å². The molecule has 130 valence electrons. The highest BCUT2D eigenvalue weighted by Crippen LogP contribution is 2.43. The molecule has 1 aromatic carbocycles. The van der Waals surface area contributed by atoms with Crippen molar-refractivity contribution in [1.29, 1.82) is 0 Å². The van der Waals surface area contributed by atoms with Crippen molar-refractivity contribution in [3.63, 3.8) is 0 Å². The van der Waals surface area contributed by atoms with Gasteiger partial charge in [0.15, 0.2) is 5.78 Å².